The monoisotopic (exact) mass is 922 g/mol. The molecule has 0 aliphatic heterocycles. The largest absolute Gasteiger partial charge is 0.307 e. The number of nitriles is 2. The van der Waals surface area contributed by atoms with Gasteiger partial charge in [-0.1, -0.05) is 126 Å². The summed E-state index contributed by atoms with van der Waals surface area (Å²) in [5.74, 6) is -2.54. The van der Waals surface area contributed by atoms with Crippen molar-refractivity contribution in [3.63, 3.8) is 0 Å². The third-order valence-corrected chi connectivity index (χ3v) is 13.3. The summed E-state index contributed by atoms with van der Waals surface area (Å²) in [4.78, 5) is 3.33. The van der Waals surface area contributed by atoms with Gasteiger partial charge in [0.1, 0.15) is 23.3 Å². The fourth-order valence-corrected chi connectivity index (χ4v) is 9.50. The SMILES string of the molecule is CC(C)(C)c1ccc(-c2cc(F)c(N(c3ccc(C#N)cc3)c3ccc4ccc5c(N(c6ccc(C#N)cc6)c6cc(F)c(-c7ccc(C(C)(C)C)cc7)cc6F)ccc6ccc3c4c65)cc2F)cc1. The van der Waals surface area contributed by atoms with Crippen LogP contribution in [0.1, 0.15) is 63.8 Å². The molecule has 8 heteroatoms. The summed E-state index contributed by atoms with van der Waals surface area (Å²) >= 11 is 0. The van der Waals surface area contributed by atoms with Gasteiger partial charge in [-0.15, -0.1) is 0 Å². The molecule has 0 aromatic heterocycles. The van der Waals surface area contributed by atoms with Gasteiger partial charge in [-0.2, -0.15) is 10.5 Å². The lowest BCUT2D eigenvalue weighted by molar-refractivity contribution is 0.590. The normalized spacial score (nSPS) is 11.8. The molecule has 10 aromatic rings. The molecule has 0 spiro atoms. The molecular weight excluding hydrogens is 877 g/mol. The Morgan fingerprint density at radius 3 is 1.04 bits per heavy atom. The van der Waals surface area contributed by atoms with E-state index in [0.29, 0.717) is 55.8 Å². The van der Waals surface area contributed by atoms with Crippen LogP contribution in [-0.2, 0) is 10.8 Å². The van der Waals surface area contributed by atoms with Crippen molar-refractivity contribution in [3.8, 4) is 34.4 Å². The number of anilines is 6. The predicted octanol–water partition coefficient (Wildman–Crippen LogP) is 17.8. The predicted molar refractivity (Wildman–Crippen MR) is 277 cm³/mol. The maximum atomic E-state index is 17.0. The van der Waals surface area contributed by atoms with Crippen LogP contribution < -0.4 is 9.80 Å². The average molecular weight is 923 g/mol. The Morgan fingerprint density at radius 1 is 0.371 bits per heavy atom. The zero-order valence-electron chi connectivity index (χ0n) is 39.5. The zero-order valence-corrected chi connectivity index (χ0v) is 39.5. The van der Waals surface area contributed by atoms with Crippen molar-refractivity contribution in [3.05, 3.63) is 215 Å². The van der Waals surface area contributed by atoms with Gasteiger partial charge in [0.2, 0.25) is 0 Å². The second kappa shape index (κ2) is 17.3. The van der Waals surface area contributed by atoms with E-state index >= 15 is 17.6 Å². The van der Waals surface area contributed by atoms with Crippen molar-refractivity contribution < 1.29 is 17.6 Å². The van der Waals surface area contributed by atoms with Gasteiger partial charge in [-0.3, -0.25) is 0 Å². The van der Waals surface area contributed by atoms with Crippen molar-refractivity contribution in [2.75, 3.05) is 9.80 Å². The van der Waals surface area contributed by atoms with E-state index in [1.807, 2.05) is 72.8 Å². The molecular formula is C62H46F4N4. The highest BCUT2D eigenvalue weighted by atomic mass is 19.1. The molecule has 10 aromatic carbocycles. The Morgan fingerprint density at radius 2 is 0.714 bits per heavy atom. The summed E-state index contributed by atoms with van der Waals surface area (Å²) < 4.78 is 67.0. The van der Waals surface area contributed by atoms with Crippen LogP contribution in [0.5, 0.6) is 0 Å². The topological polar surface area (TPSA) is 54.1 Å². The van der Waals surface area contributed by atoms with Crippen molar-refractivity contribution in [2.24, 2.45) is 0 Å². The minimum Gasteiger partial charge on any atom is -0.307 e. The quantitative estimate of drug-likeness (QED) is 0.113. The molecule has 4 nitrogen and oxygen atoms in total. The molecule has 0 atom stereocenters. The van der Waals surface area contributed by atoms with E-state index in [-0.39, 0.29) is 33.3 Å². The summed E-state index contributed by atoms with van der Waals surface area (Å²) in [7, 11) is 0. The second-order valence-electron chi connectivity index (χ2n) is 19.8. The van der Waals surface area contributed by atoms with Gasteiger partial charge < -0.3 is 9.80 Å². The summed E-state index contributed by atoms with van der Waals surface area (Å²) in [6.45, 7) is 12.6. The van der Waals surface area contributed by atoms with Crippen molar-refractivity contribution >= 4 is 66.4 Å². The van der Waals surface area contributed by atoms with Crippen molar-refractivity contribution in [1.29, 1.82) is 10.5 Å². The average Bonchev–Trinajstić information content (AvgIpc) is 3.35. The minimum atomic E-state index is -0.658. The van der Waals surface area contributed by atoms with E-state index in [1.54, 1.807) is 82.6 Å². The van der Waals surface area contributed by atoms with Gasteiger partial charge in [0.15, 0.2) is 0 Å². The fraction of sp³-hybridized carbons (Fsp3) is 0.129. The summed E-state index contributed by atoms with van der Waals surface area (Å²) in [6.07, 6.45) is 0. The molecule has 10 rings (SSSR count). The highest BCUT2D eigenvalue weighted by molar-refractivity contribution is 6.28. The lowest BCUT2D eigenvalue weighted by atomic mass is 9.86. The Kier molecular flexibility index (Phi) is 11.2. The van der Waals surface area contributed by atoms with Crippen LogP contribution in [0, 0.1) is 45.9 Å². The number of rotatable bonds is 8. The van der Waals surface area contributed by atoms with Crippen LogP contribution in [0.4, 0.5) is 51.7 Å². The maximum Gasteiger partial charge on any atom is 0.148 e. The van der Waals surface area contributed by atoms with E-state index < -0.39 is 23.3 Å². The highest BCUT2D eigenvalue weighted by Gasteiger charge is 2.27. The van der Waals surface area contributed by atoms with Gasteiger partial charge >= 0.3 is 0 Å². The molecule has 0 saturated carbocycles. The van der Waals surface area contributed by atoms with Gasteiger partial charge in [-0.25, -0.2) is 17.6 Å². The number of halogens is 4. The summed E-state index contributed by atoms with van der Waals surface area (Å²) in [6, 6.07) is 52.9. The molecule has 0 heterocycles. The van der Waals surface area contributed by atoms with Gasteiger partial charge in [0.25, 0.3) is 0 Å². The smallest absolute Gasteiger partial charge is 0.148 e. The summed E-state index contributed by atoms with van der Waals surface area (Å²) in [5, 5.41) is 24.2. The molecule has 0 unspecified atom stereocenters. The number of hydrogen-bond donors (Lipinski definition) is 0. The van der Waals surface area contributed by atoms with Crippen molar-refractivity contribution in [2.45, 2.75) is 52.4 Å². The van der Waals surface area contributed by atoms with E-state index in [1.165, 1.54) is 24.3 Å². The molecule has 0 amide bonds. The van der Waals surface area contributed by atoms with Crippen LogP contribution in [0.15, 0.2) is 170 Å². The summed E-state index contributed by atoms with van der Waals surface area (Å²) in [5.41, 5.74) is 6.02. The van der Waals surface area contributed by atoms with E-state index in [4.69, 9.17) is 0 Å². The first-order valence-corrected chi connectivity index (χ1v) is 23.0. The maximum absolute atomic E-state index is 17.0. The zero-order chi connectivity index (χ0) is 49.2. The lowest BCUT2D eigenvalue weighted by Crippen LogP contribution is -2.14. The molecule has 0 aliphatic carbocycles. The molecule has 0 saturated heterocycles. The molecule has 70 heavy (non-hydrogen) atoms. The Bertz CT molecular complexity index is 3470. The number of benzene rings is 10. The number of hydrogen-bond acceptors (Lipinski definition) is 4. The van der Waals surface area contributed by atoms with E-state index in [9.17, 15) is 10.5 Å². The van der Waals surface area contributed by atoms with Gasteiger partial charge in [-0.05, 0) is 127 Å². The first-order valence-electron chi connectivity index (χ1n) is 23.0. The van der Waals surface area contributed by atoms with Gasteiger partial charge in [0.05, 0.1) is 46.0 Å². The van der Waals surface area contributed by atoms with Crippen molar-refractivity contribution in [1.82, 2.24) is 0 Å². The molecule has 0 aliphatic rings. The fourth-order valence-electron chi connectivity index (χ4n) is 9.50. The Labute approximate surface area is 404 Å². The van der Waals surface area contributed by atoms with Crippen LogP contribution in [0.2, 0.25) is 0 Å². The second-order valence-corrected chi connectivity index (χ2v) is 19.8. The van der Waals surface area contributed by atoms with Crippen LogP contribution in [-0.4, -0.2) is 0 Å². The van der Waals surface area contributed by atoms with Gasteiger partial charge in [0, 0.05) is 45.4 Å². The minimum absolute atomic E-state index is 0.0360. The molecule has 0 N–H and O–H groups in total. The highest BCUT2D eigenvalue weighted by Crippen LogP contribution is 2.49. The first-order chi connectivity index (χ1) is 33.5. The van der Waals surface area contributed by atoms with Crippen LogP contribution >= 0.6 is 0 Å². The third-order valence-electron chi connectivity index (χ3n) is 13.3. The van der Waals surface area contributed by atoms with E-state index in [0.717, 1.165) is 32.7 Å². The molecule has 0 bridgehead atoms. The third kappa shape index (κ3) is 8.02. The molecule has 0 fully saturated rings. The van der Waals surface area contributed by atoms with E-state index in [2.05, 4.69) is 53.7 Å². The molecule has 342 valence electrons. The Balaban J connectivity index is 1.16. The van der Waals surface area contributed by atoms with Crippen LogP contribution in [0.25, 0.3) is 54.6 Å². The lowest BCUT2D eigenvalue weighted by Gasteiger charge is -2.30. The first kappa shape index (κ1) is 45.3. The molecule has 0 radical (unpaired) electrons. The Hall–Kier alpha value is -8.46. The number of nitrogens with zero attached hydrogens (tertiary/aromatic N) is 4. The standard InChI is InChI=1S/C62H46F4N4/c1-61(2,3)43-19-11-39(12-20-43)49-31-53(65)57(33-51(49)63)69(45-23-7-37(35-67)8-24-45)55-29-17-41-16-28-48-56(30-18-42-15-27-47(55)59(41)60(42)48)70(46-25-9-38(36-68)10-26-46)58-34-52(64)50(32-54(58)66)40-13-21-44(22-14-40)62(4,5)6/h7-34H,1-6H3. The van der Waals surface area contributed by atoms with Crippen LogP contribution in [0.3, 0.4) is 0 Å².